The topological polar surface area (TPSA) is 163 Å². The van der Waals surface area contributed by atoms with Crippen LogP contribution in [-0.2, 0) is 10.1 Å². The molecular weight excluding hydrogens is 426 g/mol. The molecule has 0 fully saturated rings. The molecule has 0 aliphatic carbocycles. The average molecular weight is 439 g/mol. The Labute approximate surface area is 174 Å². The molecule has 0 radical (unpaired) electrons. The first-order valence-electron chi connectivity index (χ1n) is 8.71. The van der Waals surface area contributed by atoms with Gasteiger partial charge < -0.3 is 10.2 Å². The van der Waals surface area contributed by atoms with Crippen LogP contribution in [0.2, 0.25) is 0 Å². The van der Waals surface area contributed by atoms with Gasteiger partial charge in [-0.15, -0.1) is 10.2 Å². The van der Waals surface area contributed by atoms with Crippen LogP contribution in [0.25, 0.3) is 21.5 Å². The van der Waals surface area contributed by atoms with Crippen LogP contribution < -0.4 is 0 Å². The van der Waals surface area contributed by atoms with Crippen LogP contribution in [0, 0.1) is 10.1 Å². The molecule has 0 spiro atoms. The minimum absolute atomic E-state index is 0.0198. The van der Waals surface area contributed by atoms with Crippen LogP contribution in [0.3, 0.4) is 0 Å². The van der Waals surface area contributed by atoms with E-state index in [9.17, 15) is 33.3 Å². The van der Waals surface area contributed by atoms with Crippen LogP contribution in [0.5, 0.6) is 11.5 Å². The van der Waals surface area contributed by atoms with Crippen molar-refractivity contribution in [3.05, 3.63) is 70.8 Å². The highest BCUT2D eigenvalue weighted by atomic mass is 32.2. The first-order chi connectivity index (χ1) is 14.7. The molecule has 0 amide bonds. The molecule has 156 valence electrons. The number of azo groups is 1. The predicted molar refractivity (Wildman–Crippen MR) is 112 cm³/mol. The van der Waals surface area contributed by atoms with Crippen molar-refractivity contribution in [3.63, 3.8) is 0 Å². The normalized spacial score (nSPS) is 12.0. The molecular formula is C20H13N3O7S. The van der Waals surface area contributed by atoms with E-state index in [1.807, 2.05) is 0 Å². The van der Waals surface area contributed by atoms with Crippen molar-refractivity contribution >= 4 is 48.7 Å². The largest absolute Gasteiger partial charge is 0.507 e. The van der Waals surface area contributed by atoms with Gasteiger partial charge in [0.1, 0.15) is 22.1 Å². The van der Waals surface area contributed by atoms with Crippen molar-refractivity contribution in [1.82, 2.24) is 0 Å². The lowest BCUT2D eigenvalue weighted by molar-refractivity contribution is -0.384. The van der Waals surface area contributed by atoms with Gasteiger partial charge in [-0.2, -0.15) is 8.42 Å². The number of phenols is 2. The van der Waals surface area contributed by atoms with Gasteiger partial charge in [-0.25, -0.2) is 0 Å². The van der Waals surface area contributed by atoms with Gasteiger partial charge in [-0.1, -0.05) is 24.3 Å². The number of hydrogen-bond acceptors (Lipinski definition) is 8. The number of nitro benzene ring substituents is 1. The van der Waals surface area contributed by atoms with Gasteiger partial charge >= 0.3 is 0 Å². The zero-order chi connectivity index (χ0) is 22.3. The number of fused-ring (bicyclic) bond motifs is 2. The molecule has 0 saturated heterocycles. The van der Waals surface area contributed by atoms with Gasteiger partial charge in [0.15, 0.2) is 0 Å². The van der Waals surface area contributed by atoms with Crippen molar-refractivity contribution in [3.8, 4) is 11.5 Å². The third kappa shape index (κ3) is 3.63. The molecule has 0 aliphatic rings. The summed E-state index contributed by atoms with van der Waals surface area (Å²) in [4.78, 5) is 9.68. The summed E-state index contributed by atoms with van der Waals surface area (Å²) in [7, 11) is -4.80. The molecule has 4 rings (SSSR count). The molecule has 0 unspecified atom stereocenters. The SMILES string of the molecule is O=[N+]([O-])c1ccc2c(N=Nc3cccc4cccc(O)c34)c(O)cc(S(=O)(=O)O)c2c1. The van der Waals surface area contributed by atoms with E-state index in [1.165, 1.54) is 12.1 Å². The zero-order valence-electron chi connectivity index (χ0n) is 15.5. The van der Waals surface area contributed by atoms with Crippen LogP contribution in [-0.4, -0.2) is 28.1 Å². The number of benzene rings is 4. The Hall–Kier alpha value is -4.09. The van der Waals surface area contributed by atoms with Crippen molar-refractivity contribution in [2.24, 2.45) is 10.2 Å². The molecule has 0 heterocycles. The first-order valence-corrected chi connectivity index (χ1v) is 10.1. The quantitative estimate of drug-likeness (QED) is 0.175. The summed E-state index contributed by atoms with van der Waals surface area (Å²) in [6, 6.07) is 14.0. The van der Waals surface area contributed by atoms with E-state index in [0.29, 0.717) is 10.8 Å². The highest BCUT2D eigenvalue weighted by molar-refractivity contribution is 7.86. The van der Waals surface area contributed by atoms with Crippen molar-refractivity contribution in [1.29, 1.82) is 0 Å². The van der Waals surface area contributed by atoms with E-state index >= 15 is 0 Å². The fraction of sp³-hybridized carbons (Fsp3) is 0. The van der Waals surface area contributed by atoms with Gasteiger partial charge in [0.05, 0.1) is 16.0 Å². The summed E-state index contributed by atoms with van der Waals surface area (Å²) in [6.07, 6.45) is 0. The Balaban J connectivity index is 1.97. The van der Waals surface area contributed by atoms with E-state index < -0.39 is 31.4 Å². The van der Waals surface area contributed by atoms with Crippen molar-refractivity contribution < 1.29 is 28.1 Å². The van der Waals surface area contributed by atoms with Crippen molar-refractivity contribution in [2.45, 2.75) is 4.90 Å². The Morgan fingerprint density at radius 1 is 0.871 bits per heavy atom. The van der Waals surface area contributed by atoms with Crippen molar-refractivity contribution in [2.75, 3.05) is 0 Å². The fourth-order valence-electron chi connectivity index (χ4n) is 3.27. The number of hydrogen-bond donors (Lipinski definition) is 3. The molecule has 11 heteroatoms. The highest BCUT2D eigenvalue weighted by Crippen LogP contribution is 2.42. The fourth-order valence-corrected chi connectivity index (χ4v) is 3.98. The molecule has 0 aromatic heterocycles. The molecule has 10 nitrogen and oxygen atoms in total. The van der Waals surface area contributed by atoms with E-state index in [-0.39, 0.29) is 27.9 Å². The van der Waals surface area contributed by atoms with E-state index in [4.69, 9.17) is 0 Å². The third-order valence-corrected chi connectivity index (χ3v) is 5.53. The molecule has 0 atom stereocenters. The molecule has 0 bridgehead atoms. The smallest absolute Gasteiger partial charge is 0.295 e. The monoisotopic (exact) mass is 439 g/mol. The number of nitro groups is 1. The van der Waals surface area contributed by atoms with Crippen LogP contribution in [0.4, 0.5) is 17.1 Å². The zero-order valence-corrected chi connectivity index (χ0v) is 16.3. The van der Waals surface area contributed by atoms with Crippen LogP contribution in [0.15, 0.2) is 75.8 Å². The highest BCUT2D eigenvalue weighted by Gasteiger charge is 2.22. The minimum atomic E-state index is -4.80. The lowest BCUT2D eigenvalue weighted by Gasteiger charge is -2.09. The maximum atomic E-state index is 11.7. The van der Waals surface area contributed by atoms with Gasteiger partial charge in [0, 0.05) is 29.0 Å². The number of non-ortho nitro benzene ring substituents is 1. The Morgan fingerprint density at radius 2 is 1.58 bits per heavy atom. The molecule has 0 aliphatic heterocycles. The van der Waals surface area contributed by atoms with Gasteiger partial charge in [0.25, 0.3) is 15.8 Å². The standard InChI is InChI=1S/C20H13N3O7S/c24-16-6-2-4-11-3-1-5-15(19(11)16)21-22-20-13-8-7-12(23(26)27)9-14(13)18(10-17(20)25)31(28,29)30/h1-10,24-25H,(H,28,29,30). The average Bonchev–Trinajstić information content (AvgIpc) is 2.71. The third-order valence-electron chi connectivity index (χ3n) is 4.64. The van der Waals surface area contributed by atoms with E-state index in [0.717, 1.165) is 18.2 Å². The number of nitrogens with zero attached hydrogens (tertiary/aromatic N) is 3. The van der Waals surface area contributed by atoms with Crippen LogP contribution in [0.1, 0.15) is 0 Å². The summed E-state index contributed by atoms with van der Waals surface area (Å²) in [5, 5.41) is 40.7. The molecule has 31 heavy (non-hydrogen) atoms. The predicted octanol–water partition coefficient (Wildman–Crippen LogP) is 4.97. The maximum Gasteiger partial charge on any atom is 0.295 e. The Morgan fingerprint density at radius 3 is 2.26 bits per heavy atom. The summed E-state index contributed by atoms with van der Waals surface area (Å²) in [5.41, 5.74) is -0.293. The summed E-state index contributed by atoms with van der Waals surface area (Å²) >= 11 is 0. The summed E-state index contributed by atoms with van der Waals surface area (Å²) < 4.78 is 33.0. The number of aromatic hydroxyl groups is 2. The van der Waals surface area contributed by atoms with Gasteiger partial charge in [-0.3, -0.25) is 14.7 Å². The second-order valence-electron chi connectivity index (χ2n) is 6.56. The van der Waals surface area contributed by atoms with Gasteiger partial charge in [0.2, 0.25) is 0 Å². The molecule has 4 aromatic carbocycles. The minimum Gasteiger partial charge on any atom is -0.507 e. The van der Waals surface area contributed by atoms with Crippen LogP contribution >= 0.6 is 0 Å². The second-order valence-corrected chi connectivity index (χ2v) is 7.95. The first kappa shape index (κ1) is 20.2. The van der Waals surface area contributed by atoms with Gasteiger partial charge in [-0.05, 0) is 23.6 Å². The second kappa shape index (κ2) is 7.31. The molecule has 4 aromatic rings. The number of rotatable bonds is 4. The summed E-state index contributed by atoms with van der Waals surface area (Å²) in [5.74, 6) is -0.638. The lowest BCUT2D eigenvalue weighted by Crippen LogP contribution is -2.00. The Bertz CT molecular complexity index is 1510. The van der Waals surface area contributed by atoms with E-state index in [1.54, 1.807) is 30.3 Å². The maximum absolute atomic E-state index is 11.7. The molecule has 3 N–H and O–H groups in total. The van der Waals surface area contributed by atoms with E-state index in [2.05, 4.69) is 10.2 Å². The lowest BCUT2D eigenvalue weighted by atomic mass is 10.1. The summed E-state index contributed by atoms with van der Waals surface area (Å²) in [6.45, 7) is 0. The number of phenolic OH excluding ortho intramolecular Hbond substituents is 2. The Kier molecular flexibility index (Phi) is 4.76. The molecule has 0 saturated carbocycles.